The topological polar surface area (TPSA) is 76.1 Å². The second-order valence-corrected chi connectivity index (χ2v) is 7.77. The maximum Gasteiger partial charge on any atom is 0.242 e. The van der Waals surface area contributed by atoms with E-state index in [2.05, 4.69) is 9.71 Å². The van der Waals surface area contributed by atoms with Crippen LogP contribution in [0.15, 0.2) is 23.2 Å². The Morgan fingerprint density at radius 3 is 2.67 bits per heavy atom. The molecule has 102 valence electrons. The fourth-order valence-corrected chi connectivity index (χ4v) is 2.72. The summed E-state index contributed by atoms with van der Waals surface area (Å²) in [6.45, 7) is 2.06. The van der Waals surface area contributed by atoms with Gasteiger partial charge in [-0.15, -0.1) is 0 Å². The molecule has 1 aromatic rings. The molecular weight excluding hydrogens is 296 g/mol. The first-order valence-electron chi connectivity index (χ1n) is 5.26. The number of sulfonamides is 1. The minimum Gasteiger partial charge on any atom is -0.260 e. The van der Waals surface area contributed by atoms with Crippen molar-refractivity contribution >= 4 is 32.4 Å². The molecule has 0 saturated heterocycles. The zero-order valence-electron chi connectivity index (χ0n) is 10.1. The molecule has 0 aliphatic rings. The van der Waals surface area contributed by atoms with E-state index in [-0.39, 0.29) is 21.8 Å². The van der Waals surface area contributed by atoms with Crippen molar-refractivity contribution in [2.24, 2.45) is 0 Å². The summed E-state index contributed by atoms with van der Waals surface area (Å²) in [5.41, 5.74) is 0. The van der Waals surface area contributed by atoms with Gasteiger partial charge in [0, 0.05) is 35.0 Å². The summed E-state index contributed by atoms with van der Waals surface area (Å²) in [5, 5.41) is 0.194. The zero-order valence-corrected chi connectivity index (χ0v) is 12.5. The number of pyridine rings is 1. The van der Waals surface area contributed by atoms with Crippen molar-refractivity contribution in [2.45, 2.75) is 23.5 Å². The van der Waals surface area contributed by atoms with Gasteiger partial charge in [0.15, 0.2) is 0 Å². The van der Waals surface area contributed by atoms with Crippen LogP contribution in [0.5, 0.6) is 0 Å². The fourth-order valence-electron chi connectivity index (χ4n) is 1.17. The van der Waals surface area contributed by atoms with Gasteiger partial charge in [-0.3, -0.25) is 4.21 Å². The fraction of sp³-hybridized carbons (Fsp3) is 0.500. The van der Waals surface area contributed by atoms with Gasteiger partial charge in [-0.05, 0) is 18.6 Å². The van der Waals surface area contributed by atoms with Crippen LogP contribution in [0.4, 0.5) is 0 Å². The molecule has 5 nitrogen and oxygen atoms in total. The van der Waals surface area contributed by atoms with Gasteiger partial charge in [0.2, 0.25) is 10.0 Å². The minimum absolute atomic E-state index is 0.0453. The molecule has 8 heteroatoms. The molecule has 0 aliphatic heterocycles. The standard InChI is InChI=1S/C10H15ClN2O3S2/c1-8(17(2)14)5-6-13-18(15,16)9-3-4-10(11)12-7-9/h3-4,7-8,13H,5-6H2,1-2H3. The highest BCUT2D eigenvalue weighted by molar-refractivity contribution is 7.89. The lowest BCUT2D eigenvalue weighted by Crippen LogP contribution is -2.27. The van der Waals surface area contributed by atoms with Crippen LogP contribution in [0, 0.1) is 0 Å². The molecule has 18 heavy (non-hydrogen) atoms. The van der Waals surface area contributed by atoms with Gasteiger partial charge in [-0.1, -0.05) is 18.5 Å². The van der Waals surface area contributed by atoms with Crippen LogP contribution in [-0.2, 0) is 20.8 Å². The molecule has 0 radical (unpaired) electrons. The molecule has 2 unspecified atom stereocenters. The molecule has 0 bridgehead atoms. The number of rotatable bonds is 6. The Bertz CT molecular complexity index is 516. The molecule has 0 saturated carbocycles. The van der Waals surface area contributed by atoms with Crippen molar-refractivity contribution < 1.29 is 12.6 Å². The van der Waals surface area contributed by atoms with Crippen molar-refractivity contribution in [1.82, 2.24) is 9.71 Å². The van der Waals surface area contributed by atoms with Gasteiger partial charge >= 0.3 is 0 Å². The number of nitrogens with one attached hydrogen (secondary N) is 1. The van der Waals surface area contributed by atoms with Gasteiger partial charge in [0.25, 0.3) is 0 Å². The lowest BCUT2D eigenvalue weighted by atomic mass is 10.3. The van der Waals surface area contributed by atoms with Crippen molar-refractivity contribution in [3.63, 3.8) is 0 Å². The average molecular weight is 311 g/mol. The Labute approximate surface area is 114 Å². The van der Waals surface area contributed by atoms with E-state index in [0.29, 0.717) is 6.42 Å². The Morgan fingerprint density at radius 1 is 1.50 bits per heavy atom. The van der Waals surface area contributed by atoms with Gasteiger partial charge in [-0.25, -0.2) is 18.1 Å². The first kappa shape index (κ1) is 15.6. The second-order valence-electron chi connectivity index (χ2n) is 3.81. The predicted molar refractivity (Wildman–Crippen MR) is 72.6 cm³/mol. The largest absolute Gasteiger partial charge is 0.260 e. The van der Waals surface area contributed by atoms with Crippen LogP contribution >= 0.6 is 11.6 Å². The zero-order chi connectivity index (χ0) is 13.8. The van der Waals surface area contributed by atoms with Crippen LogP contribution in [-0.4, -0.2) is 35.7 Å². The summed E-state index contributed by atoms with van der Waals surface area (Å²) >= 11 is 5.58. The Morgan fingerprint density at radius 2 is 2.17 bits per heavy atom. The smallest absolute Gasteiger partial charge is 0.242 e. The number of hydrogen-bond acceptors (Lipinski definition) is 4. The first-order valence-corrected chi connectivity index (χ1v) is 8.74. The third-order valence-corrected chi connectivity index (χ3v) is 5.46. The normalized spacial score (nSPS) is 15.3. The lowest BCUT2D eigenvalue weighted by molar-refractivity contribution is 0.577. The number of nitrogens with zero attached hydrogens (tertiary/aromatic N) is 1. The molecule has 0 aromatic carbocycles. The number of hydrogen-bond donors (Lipinski definition) is 1. The number of aromatic nitrogens is 1. The maximum absolute atomic E-state index is 11.8. The summed E-state index contributed by atoms with van der Waals surface area (Å²) in [4.78, 5) is 3.78. The summed E-state index contributed by atoms with van der Waals surface area (Å²) in [7, 11) is -4.52. The van der Waals surface area contributed by atoms with Crippen LogP contribution in [0.3, 0.4) is 0 Å². The maximum atomic E-state index is 11.8. The highest BCUT2D eigenvalue weighted by atomic mass is 35.5. The van der Waals surface area contributed by atoms with E-state index in [4.69, 9.17) is 11.6 Å². The Hall–Kier alpha value is -0.500. The summed E-state index contributed by atoms with van der Waals surface area (Å²) in [6, 6.07) is 2.80. The molecule has 1 rings (SSSR count). The summed E-state index contributed by atoms with van der Waals surface area (Å²) in [5.74, 6) is 0. The van der Waals surface area contributed by atoms with Gasteiger partial charge in [-0.2, -0.15) is 0 Å². The van der Waals surface area contributed by atoms with Gasteiger partial charge in [0.05, 0.1) is 0 Å². The van der Waals surface area contributed by atoms with Crippen molar-refractivity contribution in [2.75, 3.05) is 12.8 Å². The Kier molecular flexibility index (Phi) is 5.71. The first-order chi connectivity index (χ1) is 8.33. The van der Waals surface area contributed by atoms with Gasteiger partial charge < -0.3 is 0 Å². The van der Waals surface area contributed by atoms with E-state index in [0.717, 1.165) is 0 Å². The average Bonchev–Trinajstić information content (AvgIpc) is 2.29. The van der Waals surface area contributed by atoms with Crippen LogP contribution < -0.4 is 4.72 Å². The third kappa shape index (κ3) is 4.64. The molecule has 0 amide bonds. The van der Waals surface area contributed by atoms with Crippen LogP contribution in [0.1, 0.15) is 13.3 Å². The van der Waals surface area contributed by atoms with Crippen molar-refractivity contribution in [3.8, 4) is 0 Å². The molecule has 1 heterocycles. The third-order valence-electron chi connectivity index (χ3n) is 2.42. The predicted octanol–water partition coefficient (Wildman–Crippen LogP) is 1.17. The molecule has 1 aromatic heterocycles. The summed E-state index contributed by atoms with van der Waals surface area (Å²) < 4.78 is 37.2. The number of halogens is 1. The molecule has 1 N–H and O–H groups in total. The lowest BCUT2D eigenvalue weighted by Gasteiger charge is -2.09. The highest BCUT2D eigenvalue weighted by Crippen LogP contribution is 2.10. The van der Waals surface area contributed by atoms with E-state index in [1.165, 1.54) is 18.3 Å². The Balaban J connectivity index is 2.60. The second kappa shape index (κ2) is 6.60. The van der Waals surface area contributed by atoms with E-state index >= 15 is 0 Å². The van der Waals surface area contributed by atoms with Gasteiger partial charge in [0.1, 0.15) is 10.0 Å². The molecule has 0 spiro atoms. The van der Waals surface area contributed by atoms with E-state index in [1.807, 2.05) is 6.92 Å². The summed E-state index contributed by atoms with van der Waals surface area (Å²) in [6.07, 6.45) is 3.32. The monoisotopic (exact) mass is 310 g/mol. The van der Waals surface area contributed by atoms with Crippen molar-refractivity contribution in [3.05, 3.63) is 23.5 Å². The minimum atomic E-state index is -3.57. The van der Waals surface area contributed by atoms with Crippen LogP contribution in [0.2, 0.25) is 5.15 Å². The molecular formula is C10H15ClN2O3S2. The molecule has 0 fully saturated rings. The highest BCUT2D eigenvalue weighted by Gasteiger charge is 2.15. The van der Waals surface area contributed by atoms with E-state index in [9.17, 15) is 12.6 Å². The molecule has 2 atom stereocenters. The SMILES string of the molecule is CC(CCNS(=O)(=O)c1ccc(Cl)nc1)S(C)=O. The van der Waals surface area contributed by atoms with E-state index < -0.39 is 20.8 Å². The van der Waals surface area contributed by atoms with E-state index in [1.54, 1.807) is 6.26 Å². The van der Waals surface area contributed by atoms with Crippen LogP contribution in [0.25, 0.3) is 0 Å². The quantitative estimate of drug-likeness (QED) is 0.800. The molecule has 0 aliphatic carbocycles. The van der Waals surface area contributed by atoms with Crippen molar-refractivity contribution in [1.29, 1.82) is 0 Å².